The SMILES string of the molecule is CSC(=S)O[C@@H]1[C@H](OC(=S)SC)[C@@H](CO[Si](C)(C)C(C)(C)C)O[C@H]1n1ccc(NC(C)=O)nc1=O. The molecule has 2 heterocycles. The van der Waals surface area contributed by atoms with Crippen LogP contribution in [0.4, 0.5) is 5.82 Å². The fourth-order valence-electron chi connectivity index (χ4n) is 3.02. The van der Waals surface area contributed by atoms with E-state index < -0.39 is 38.5 Å². The predicted octanol–water partition coefficient (Wildman–Crippen LogP) is 4.19. The highest BCUT2D eigenvalue weighted by Gasteiger charge is 2.51. The summed E-state index contributed by atoms with van der Waals surface area (Å²) in [5.74, 6) is -0.191. The summed E-state index contributed by atoms with van der Waals surface area (Å²) in [6.07, 6.45) is 2.13. The third-order valence-corrected chi connectivity index (χ3v) is 12.5. The van der Waals surface area contributed by atoms with Crippen molar-refractivity contribution in [3.8, 4) is 0 Å². The maximum Gasteiger partial charge on any atom is 0.351 e. The average Bonchev–Trinajstić information content (AvgIpc) is 3.07. The number of carbonyl (C=O) groups excluding carboxylic acids is 1. The van der Waals surface area contributed by atoms with Crippen molar-refractivity contribution in [2.75, 3.05) is 24.4 Å². The largest absolute Gasteiger partial charge is 0.468 e. The van der Waals surface area contributed by atoms with E-state index in [-0.39, 0.29) is 27.8 Å². The molecule has 1 aliphatic rings. The lowest BCUT2D eigenvalue weighted by atomic mass is 10.1. The van der Waals surface area contributed by atoms with E-state index in [1.807, 2.05) is 6.26 Å². The van der Waals surface area contributed by atoms with Crippen LogP contribution >= 0.6 is 48.0 Å². The summed E-state index contributed by atoms with van der Waals surface area (Å²) in [4.78, 5) is 28.2. The number of hydrogen-bond acceptors (Lipinski definition) is 11. The van der Waals surface area contributed by atoms with E-state index in [4.69, 9.17) is 43.1 Å². The first-order valence-electron chi connectivity index (χ1n) is 10.9. The molecule has 0 aromatic carbocycles. The Morgan fingerprint density at radius 3 is 2.26 bits per heavy atom. The van der Waals surface area contributed by atoms with Gasteiger partial charge in [-0.2, -0.15) is 4.98 Å². The van der Waals surface area contributed by atoms with Crippen LogP contribution < -0.4 is 11.0 Å². The van der Waals surface area contributed by atoms with Crippen molar-refractivity contribution in [1.29, 1.82) is 0 Å². The molecule has 0 bridgehead atoms. The second-order valence-electron chi connectivity index (χ2n) is 9.39. The first-order chi connectivity index (χ1) is 16.2. The van der Waals surface area contributed by atoms with E-state index in [1.165, 1.54) is 47.3 Å². The molecule has 9 nitrogen and oxygen atoms in total. The Hall–Kier alpha value is -1.03. The molecule has 1 N–H and O–H groups in total. The number of nitrogens with zero attached hydrogens (tertiary/aromatic N) is 2. The Bertz CT molecular complexity index is 1000. The molecule has 4 atom stereocenters. The highest BCUT2D eigenvalue weighted by molar-refractivity contribution is 8.22. The number of carbonyl (C=O) groups is 1. The summed E-state index contributed by atoms with van der Waals surface area (Å²) < 4.78 is 26.7. The molecule has 1 saturated heterocycles. The topological polar surface area (TPSA) is 101 Å². The van der Waals surface area contributed by atoms with Crippen LogP contribution in [0.3, 0.4) is 0 Å². The Labute approximate surface area is 226 Å². The smallest absolute Gasteiger partial charge is 0.351 e. The highest BCUT2D eigenvalue weighted by atomic mass is 32.2. The van der Waals surface area contributed by atoms with Crippen LogP contribution in [0.1, 0.15) is 33.9 Å². The maximum absolute atomic E-state index is 12.9. The van der Waals surface area contributed by atoms with Gasteiger partial charge in [-0.1, -0.05) is 44.3 Å². The Kier molecular flexibility index (Phi) is 10.8. The molecule has 35 heavy (non-hydrogen) atoms. The molecular formula is C21H33N3O6S4Si. The zero-order valence-corrected chi connectivity index (χ0v) is 25.4. The molecule has 1 fully saturated rings. The monoisotopic (exact) mass is 579 g/mol. The molecule has 0 radical (unpaired) electrons. The van der Waals surface area contributed by atoms with Crippen LogP contribution in [0, 0.1) is 0 Å². The predicted molar refractivity (Wildman–Crippen MR) is 152 cm³/mol. The quantitative estimate of drug-likeness (QED) is 0.372. The van der Waals surface area contributed by atoms with Crippen molar-refractivity contribution in [3.63, 3.8) is 0 Å². The number of aromatic nitrogens is 2. The molecule has 0 unspecified atom stereocenters. The number of nitrogens with one attached hydrogen (secondary N) is 1. The minimum Gasteiger partial charge on any atom is -0.468 e. The zero-order chi connectivity index (χ0) is 26.6. The minimum atomic E-state index is -2.11. The van der Waals surface area contributed by atoms with Gasteiger partial charge in [0, 0.05) is 13.1 Å². The van der Waals surface area contributed by atoms with Crippen molar-refractivity contribution in [2.24, 2.45) is 0 Å². The van der Waals surface area contributed by atoms with Gasteiger partial charge in [0.1, 0.15) is 11.9 Å². The van der Waals surface area contributed by atoms with Gasteiger partial charge in [-0.05, 0) is 61.1 Å². The molecule has 14 heteroatoms. The number of rotatable bonds is 7. The summed E-state index contributed by atoms with van der Waals surface area (Å²) in [7, 11) is -2.11. The maximum atomic E-state index is 12.9. The normalized spacial score (nSPS) is 22.5. The number of thioether (sulfide) groups is 2. The molecule has 0 aliphatic carbocycles. The van der Waals surface area contributed by atoms with E-state index in [2.05, 4.69) is 44.2 Å². The molecular weight excluding hydrogens is 547 g/mol. The number of thiocarbonyl (C=S) groups is 2. The van der Waals surface area contributed by atoms with Crippen molar-refractivity contribution < 1.29 is 23.4 Å². The van der Waals surface area contributed by atoms with Gasteiger partial charge in [0.25, 0.3) is 0 Å². The molecule has 1 aromatic heterocycles. The van der Waals surface area contributed by atoms with E-state index in [9.17, 15) is 9.59 Å². The molecule has 0 spiro atoms. The summed E-state index contributed by atoms with van der Waals surface area (Å²) >= 11 is 13.2. The van der Waals surface area contributed by atoms with Gasteiger partial charge < -0.3 is 24.0 Å². The van der Waals surface area contributed by atoms with Crippen LogP contribution in [0.15, 0.2) is 17.1 Å². The van der Waals surface area contributed by atoms with Gasteiger partial charge >= 0.3 is 5.69 Å². The van der Waals surface area contributed by atoms with E-state index in [0.717, 1.165) is 0 Å². The Morgan fingerprint density at radius 2 is 1.77 bits per heavy atom. The summed E-state index contributed by atoms with van der Waals surface area (Å²) in [6, 6.07) is 1.51. The number of ether oxygens (including phenoxy) is 3. The fraction of sp³-hybridized carbons (Fsp3) is 0.667. The lowest BCUT2D eigenvalue weighted by Gasteiger charge is -2.37. The van der Waals surface area contributed by atoms with Crippen LogP contribution in [-0.4, -0.2) is 70.0 Å². The van der Waals surface area contributed by atoms with Crippen LogP contribution in [0.5, 0.6) is 0 Å². The van der Waals surface area contributed by atoms with Crippen LogP contribution in [0.2, 0.25) is 18.1 Å². The van der Waals surface area contributed by atoms with E-state index in [1.54, 1.807) is 6.26 Å². The standard InChI is InChI=1S/C21H33N3O6S4Si/c1-12(25)22-14-9-10-24(18(26)23-14)17-16(30-20(32)34-6)15(29-19(31)33-5)13(28-17)11-27-35(7,8)21(2,3)4/h9-10,13,15-17H,11H2,1-8H3,(H,22,23,25,26)/t13-,15-,16-,17-/m1/s1. The molecule has 2 rings (SSSR count). The molecule has 0 saturated carbocycles. The van der Waals surface area contributed by atoms with Gasteiger partial charge in [0.05, 0.1) is 6.61 Å². The molecule has 1 amide bonds. The summed E-state index contributed by atoms with van der Waals surface area (Å²) in [6.45, 7) is 12.3. The summed E-state index contributed by atoms with van der Waals surface area (Å²) in [5.41, 5.74) is -0.623. The second kappa shape index (κ2) is 12.5. The van der Waals surface area contributed by atoms with Crippen molar-refractivity contribution in [2.45, 2.75) is 70.4 Å². The molecule has 196 valence electrons. The van der Waals surface area contributed by atoms with Gasteiger partial charge in [0.2, 0.25) is 14.7 Å². The highest BCUT2D eigenvalue weighted by Crippen LogP contribution is 2.39. The molecule has 1 aliphatic heterocycles. The average molecular weight is 580 g/mol. The van der Waals surface area contributed by atoms with Crippen LogP contribution in [-0.2, 0) is 23.4 Å². The number of anilines is 1. The van der Waals surface area contributed by atoms with Crippen molar-refractivity contribution in [1.82, 2.24) is 9.55 Å². The number of amides is 1. The van der Waals surface area contributed by atoms with E-state index in [0.29, 0.717) is 4.38 Å². The first kappa shape index (κ1) is 30.2. The zero-order valence-electron chi connectivity index (χ0n) is 21.1. The van der Waals surface area contributed by atoms with Crippen molar-refractivity contribution >= 4 is 76.8 Å². The first-order valence-corrected chi connectivity index (χ1v) is 17.0. The van der Waals surface area contributed by atoms with Gasteiger partial charge in [-0.15, -0.1) is 0 Å². The lowest BCUT2D eigenvalue weighted by molar-refractivity contribution is -0.114. The van der Waals surface area contributed by atoms with E-state index >= 15 is 0 Å². The van der Waals surface area contributed by atoms with Crippen LogP contribution in [0.25, 0.3) is 0 Å². The fourth-order valence-corrected chi connectivity index (χ4v) is 4.67. The summed E-state index contributed by atoms with van der Waals surface area (Å²) in [5, 5.41) is 2.49. The van der Waals surface area contributed by atoms with Crippen molar-refractivity contribution in [3.05, 3.63) is 22.7 Å². The third kappa shape index (κ3) is 7.97. The van der Waals surface area contributed by atoms with Gasteiger partial charge in [-0.25, -0.2) is 4.79 Å². The Morgan fingerprint density at radius 1 is 1.20 bits per heavy atom. The third-order valence-electron chi connectivity index (χ3n) is 5.91. The second-order valence-corrected chi connectivity index (χ2v) is 17.0. The molecule has 1 aromatic rings. The lowest BCUT2D eigenvalue weighted by Crippen LogP contribution is -2.46. The number of hydrogen-bond donors (Lipinski definition) is 1. The van der Waals surface area contributed by atoms with Gasteiger partial charge in [-0.3, -0.25) is 9.36 Å². The van der Waals surface area contributed by atoms with Gasteiger partial charge in [0.15, 0.2) is 26.8 Å². The Balaban J connectivity index is 2.45. The minimum absolute atomic E-state index is 0.00729.